The third kappa shape index (κ3) is 4.58. The highest BCUT2D eigenvalue weighted by Gasteiger charge is 2.29. The number of hydrogen-bond acceptors (Lipinski definition) is 4. The molecule has 2 heterocycles. The Balaban J connectivity index is 1.44. The molecular weight excluding hydrogens is 318 g/mol. The normalized spacial score (nSPS) is 27.8. The van der Waals surface area contributed by atoms with Crippen LogP contribution in [0.5, 0.6) is 0 Å². The molecule has 24 heavy (non-hydrogen) atoms. The Hall–Kier alpha value is -0.910. The summed E-state index contributed by atoms with van der Waals surface area (Å²) >= 11 is 1.83. The highest BCUT2D eigenvalue weighted by Crippen LogP contribution is 2.24. The maximum absolute atomic E-state index is 12.6. The van der Waals surface area contributed by atoms with E-state index in [-0.39, 0.29) is 11.9 Å². The van der Waals surface area contributed by atoms with Crippen molar-refractivity contribution in [2.24, 2.45) is 5.92 Å². The van der Waals surface area contributed by atoms with Crippen LogP contribution in [0.2, 0.25) is 0 Å². The van der Waals surface area contributed by atoms with Crippen LogP contribution in [0.4, 0.5) is 0 Å². The number of piperazine rings is 1. The zero-order chi connectivity index (χ0) is 16.9. The largest absolute Gasteiger partial charge is 0.352 e. The SMILES string of the molecule is CC1CCCCC1NC(=O)C(C)N1CCN(Cc2cccs2)CC1. The Kier molecular flexibility index (Phi) is 6.31. The fourth-order valence-corrected chi connectivity index (χ4v) is 4.68. The minimum absolute atomic E-state index is 0.0111. The second kappa shape index (κ2) is 8.45. The lowest BCUT2D eigenvalue weighted by molar-refractivity contribution is -0.127. The van der Waals surface area contributed by atoms with Crippen LogP contribution in [0.1, 0.15) is 44.4 Å². The van der Waals surface area contributed by atoms with E-state index in [1.807, 2.05) is 11.3 Å². The number of rotatable bonds is 5. The number of nitrogens with one attached hydrogen (secondary N) is 1. The van der Waals surface area contributed by atoms with Crippen molar-refractivity contribution < 1.29 is 4.79 Å². The highest BCUT2D eigenvalue weighted by atomic mass is 32.1. The fourth-order valence-electron chi connectivity index (χ4n) is 3.93. The summed E-state index contributed by atoms with van der Waals surface area (Å²) in [5, 5.41) is 5.46. The van der Waals surface area contributed by atoms with E-state index in [1.54, 1.807) is 0 Å². The summed E-state index contributed by atoms with van der Waals surface area (Å²) in [6, 6.07) is 4.70. The first-order valence-electron chi connectivity index (χ1n) is 9.42. The van der Waals surface area contributed by atoms with Gasteiger partial charge >= 0.3 is 0 Å². The molecule has 0 radical (unpaired) electrons. The van der Waals surface area contributed by atoms with E-state index in [9.17, 15) is 4.79 Å². The first-order chi connectivity index (χ1) is 11.6. The number of nitrogens with zero attached hydrogens (tertiary/aromatic N) is 2. The minimum atomic E-state index is -0.0111. The van der Waals surface area contributed by atoms with Crippen LogP contribution in [0, 0.1) is 5.92 Å². The van der Waals surface area contributed by atoms with Crippen molar-refractivity contribution in [2.75, 3.05) is 26.2 Å². The molecule has 134 valence electrons. The average molecular weight is 350 g/mol. The molecule has 5 heteroatoms. The molecule has 2 fully saturated rings. The summed E-state index contributed by atoms with van der Waals surface area (Å²) in [6.07, 6.45) is 4.97. The van der Waals surface area contributed by atoms with Gasteiger partial charge in [-0.2, -0.15) is 0 Å². The smallest absolute Gasteiger partial charge is 0.237 e. The van der Waals surface area contributed by atoms with Gasteiger partial charge in [-0.25, -0.2) is 0 Å². The molecule has 3 rings (SSSR count). The summed E-state index contributed by atoms with van der Waals surface area (Å²) in [5.74, 6) is 0.845. The molecule has 0 spiro atoms. The van der Waals surface area contributed by atoms with E-state index < -0.39 is 0 Å². The molecule has 1 aromatic heterocycles. The monoisotopic (exact) mass is 349 g/mol. The summed E-state index contributed by atoms with van der Waals surface area (Å²) < 4.78 is 0. The van der Waals surface area contributed by atoms with Gasteiger partial charge in [-0.05, 0) is 37.1 Å². The van der Waals surface area contributed by atoms with E-state index in [0.29, 0.717) is 12.0 Å². The zero-order valence-corrected chi connectivity index (χ0v) is 15.9. The predicted octanol–water partition coefficient (Wildman–Crippen LogP) is 2.95. The average Bonchev–Trinajstić information content (AvgIpc) is 3.10. The van der Waals surface area contributed by atoms with E-state index in [4.69, 9.17) is 0 Å². The Bertz CT molecular complexity index is 511. The summed E-state index contributed by atoms with van der Waals surface area (Å²) in [6.45, 7) is 9.46. The minimum Gasteiger partial charge on any atom is -0.352 e. The van der Waals surface area contributed by atoms with Crippen molar-refractivity contribution in [1.82, 2.24) is 15.1 Å². The van der Waals surface area contributed by atoms with Crippen LogP contribution in [-0.2, 0) is 11.3 Å². The molecule has 1 saturated carbocycles. The molecule has 3 atom stereocenters. The number of carbonyl (C=O) groups is 1. The van der Waals surface area contributed by atoms with Gasteiger partial charge in [-0.15, -0.1) is 11.3 Å². The maximum atomic E-state index is 12.6. The third-order valence-electron chi connectivity index (χ3n) is 5.73. The van der Waals surface area contributed by atoms with E-state index in [1.165, 1.54) is 24.1 Å². The highest BCUT2D eigenvalue weighted by molar-refractivity contribution is 7.09. The number of carbonyl (C=O) groups excluding carboxylic acids is 1. The molecule has 1 aromatic rings. The Morgan fingerprint density at radius 3 is 2.71 bits per heavy atom. The van der Waals surface area contributed by atoms with E-state index in [2.05, 4.69) is 46.5 Å². The van der Waals surface area contributed by atoms with Gasteiger partial charge in [0.1, 0.15) is 0 Å². The van der Waals surface area contributed by atoms with Gasteiger partial charge in [0, 0.05) is 43.6 Å². The van der Waals surface area contributed by atoms with Crippen LogP contribution in [0.3, 0.4) is 0 Å². The first-order valence-corrected chi connectivity index (χ1v) is 10.3. The molecular formula is C19H31N3OS. The van der Waals surface area contributed by atoms with Crippen molar-refractivity contribution >= 4 is 17.2 Å². The molecule has 4 nitrogen and oxygen atoms in total. The van der Waals surface area contributed by atoms with Gasteiger partial charge in [0.2, 0.25) is 5.91 Å². The lowest BCUT2D eigenvalue weighted by Gasteiger charge is -2.38. The van der Waals surface area contributed by atoms with Gasteiger partial charge in [0.25, 0.3) is 0 Å². The molecule has 2 aliphatic rings. The lowest BCUT2D eigenvalue weighted by Crippen LogP contribution is -2.55. The zero-order valence-electron chi connectivity index (χ0n) is 15.0. The first kappa shape index (κ1) is 17.9. The summed E-state index contributed by atoms with van der Waals surface area (Å²) in [4.78, 5) is 18.9. The molecule has 1 aliphatic heterocycles. The van der Waals surface area contributed by atoms with Crippen LogP contribution < -0.4 is 5.32 Å². The van der Waals surface area contributed by atoms with Crippen LogP contribution in [0.25, 0.3) is 0 Å². The maximum Gasteiger partial charge on any atom is 0.237 e. The number of hydrogen-bond donors (Lipinski definition) is 1. The fraction of sp³-hybridized carbons (Fsp3) is 0.737. The van der Waals surface area contributed by atoms with Crippen molar-refractivity contribution in [3.8, 4) is 0 Å². The van der Waals surface area contributed by atoms with Crippen molar-refractivity contribution in [3.05, 3.63) is 22.4 Å². The van der Waals surface area contributed by atoms with Crippen LogP contribution in [-0.4, -0.2) is 54.0 Å². The lowest BCUT2D eigenvalue weighted by atomic mass is 9.86. The molecule has 1 N–H and O–H groups in total. The van der Waals surface area contributed by atoms with Gasteiger partial charge in [0.15, 0.2) is 0 Å². The Labute approximate surface area is 150 Å². The summed E-state index contributed by atoms with van der Waals surface area (Å²) in [7, 11) is 0. The molecule has 1 amide bonds. The Morgan fingerprint density at radius 2 is 2.04 bits per heavy atom. The molecule has 1 aliphatic carbocycles. The molecule has 0 aromatic carbocycles. The topological polar surface area (TPSA) is 35.6 Å². The standard InChI is InChI=1S/C19H31N3OS/c1-15-6-3-4-8-18(15)20-19(23)16(2)22-11-9-21(10-12-22)14-17-7-5-13-24-17/h5,7,13,15-16,18H,3-4,6,8-12,14H2,1-2H3,(H,20,23). The third-order valence-corrected chi connectivity index (χ3v) is 6.59. The second-order valence-corrected chi connectivity index (χ2v) is 8.48. The van der Waals surface area contributed by atoms with E-state index >= 15 is 0 Å². The van der Waals surface area contributed by atoms with Crippen LogP contribution in [0.15, 0.2) is 17.5 Å². The van der Waals surface area contributed by atoms with E-state index in [0.717, 1.165) is 39.1 Å². The van der Waals surface area contributed by atoms with Gasteiger partial charge < -0.3 is 5.32 Å². The van der Waals surface area contributed by atoms with Gasteiger partial charge in [-0.1, -0.05) is 25.8 Å². The predicted molar refractivity (Wildman–Crippen MR) is 100 cm³/mol. The van der Waals surface area contributed by atoms with Gasteiger partial charge in [-0.3, -0.25) is 14.6 Å². The number of amides is 1. The van der Waals surface area contributed by atoms with Crippen molar-refractivity contribution in [1.29, 1.82) is 0 Å². The molecule has 3 unspecified atom stereocenters. The Morgan fingerprint density at radius 1 is 1.29 bits per heavy atom. The molecule has 1 saturated heterocycles. The quantitative estimate of drug-likeness (QED) is 0.888. The number of thiophene rings is 1. The molecule has 0 bridgehead atoms. The van der Waals surface area contributed by atoms with Crippen molar-refractivity contribution in [3.63, 3.8) is 0 Å². The van der Waals surface area contributed by atoms with Crippen LogP contribution >= 0.6 is 11.3 Å². The second-order valence-electron chi connectivity index (χ2n) is 7.44. The van der Waals surface area contributed by atoms with Crippen molar-refractivity contribution in [2.45, 2.75) is 58.2 Å². The van der Waals surface area contributed by atoms with Gasteiger partial charge in [0.05, 0.1) is 6.04 Å². The summed E-state index contributed by atoms with van der Waals surface area (Å²) in [5.41, 5.74) is 0.